The minimum absolute atomic E-state index is 0.253. The lowest BCUT2D eigenvalue weighted by atomic mass is 10.0. The number of imidazole rings is 1. The minimum atomic E-state index is 0.253. The SMILES string of the molecule is CC(CN)c1ncc(-c2cccc3ccccc23)[nH]1. The molecule has 0 bridgehead atoms. The van der Waals surface area contributed by atoms with Crippen molar-refractivity contribution in [3.8, 4) is 11.3 Å². The second-order valence-electron chi connectivity index (χ2n) is 4.85. The van der Waals surface area contributed by atoms with Gasteiger partial charge in [0.25, 0.3) is 0 Å². The first-order valence-electron chi connectivity index (χ1n) is 6.52. The van der Waals surface area contributed by atoms with E-state index in [2.05, 4.69) is 59.4 Å². The molecule has 1 unspecified atom stereocenters. The Bertz CT molecular complexity index is 695. The summed E-state index contributed by atoms with van der Waals surface area (Å²) in [6.45, 7) is 2.67. The van der Waals surface area contributed by atoms with Crippen LogP contribution in [0.2, 0.25) is 0 Å². The highest BCUT2D eigenvalue weighted by atomic mass is 14.9. The average molecular weight is 251 g/mol. The number of aromatic amines is 1. The molecule has 19 heavy (non-hydrogen) atoms. The number of hydrogen-bond acceptors (Lipinski definition) is 2. The molecule has 0 aliphatic heterocycles. The molecule has 1 heterocycles. The van der Waals surface area contributed by atoms with Gasteiger partial charge in [-0.15, -0.1) is 0 Å². The van der Waals surface area contributed by atoms with Crippen LogP contribution in [0.25, 0.3) is 22.0 Å². The third-order valence-electron chi connectivity index (χ3n) is 3.50. The molecule has 0 aliphatic rings. The Hall–Kier alpha value is -2.13. The predicted molar refractivity (Wildman–Crippen MR) is 79.0 cm³/mol. The highest BCUT2D eigenvalue weighted by Gasteiger charge is 2.10. The van der Waals surface area contributed by atoms with Gasteiger partial charge in [0.15, 0.2) is 0 Å². The molecule has 3 heteroatoms. The van der Waals surface area contributed by atoms with E-state index in [4.69, 9.17) is 5.73 Å². The summed E-state index contributed by atoms with van der Waals surface area (Å²) in [4.78, 5) is 7.82. The average Bonchev–Trinajstić information content (AvgIpc) is 2.95. The van der Waals surface area contributed by atoms with Gasteiger partial charge in [0.05, 0.1) is 11.9 Å². The van der Waals surface area contributed by atoms with Crippen molar-refractivity contribution in [1.82, 2.24) is 9.97 Å². The zero-order valence-corrected chi connectivity index (χ0v) is 10.9. The van der Waals surface area contributed by atoms with Gasteiger partial charge in [-0.2, -0.15) is 0 Å². The molecule has 1 aromatic heterocycles. The summed E-state index contributed by atoms with van der Waals surface area (Å²) >= 11 is 0. The van der Waals surface area contributed by atoms with Crippen LogP contribution in [0.4, 0.5) is 0 Å². The van der Waals surface area contributed by atoms with Crippen molar-refractivity contribution < 1.29 is 0 Å². The Balaban J connectivity index is 2.12. The maximum absolute atomic E-state index is 5.68. The number of fused-ring (bicyclic) bond motifs is 1. The van der Waals surface area contributed by atoms with Gasteiger partial charge in [-0.1, -0.05) is 49.4 Å². The smallest absolute Gasteiger partial charge is 0.110 e. The van der Waals surface area contributed by atoms with E-state index in [-0.39, 0.29) is 5.92 Å². The van der Waals surface area contributed by atoms with E-state index in [1.807, 2.05) is 6.20 Å². The van der Waals surface area contributed by atoms with Crippen molar-refractivity contribution in [2.24, 2.45) is 5.73 Å². The van der Waals surface area contributed by atoms with Crippen LogP contribution in [-0.2, 0) is 0 Å². The molecule has 2 aromatic carbocycles. The van der Waals surface area contributed by atoms with Crippen LogP contribution in [0, 0.1) is 0 Å². The predicted octanol–water partition coefficient (Wildman–Crippen LogP) is 3.29. The van der Waals surface area contributed by atoms with Gasteiger partial charge in [0.2, 0.25) is 0 Å². The standard InChI is InChI=1S/C16H17N3/c1-11(9-17)16-18-10-15(19-16)14-8-4-6-12-5-2-3-7-13(12)14/h2-8,10-11H,9,17H2,1H3,(H,18,19). The third kappa shape index (κ3) is 2.13. The molecular weight excluding hydrogens is 234 g/mol. The Morgan fingerprint density at radius 2 is 1.95 bits per heavy atom. The van der Waals surface area contributed by atoms with Crippen LogP contribution in [-0.4, -0.2) is 16.5 Å². The lowest BCUT2D eigenvalue weighted by Crippen LogP contribution is -2.10. The van der Waals surface area contributed by atoms with Gasteiger partial charge in [-0.25, -0.2) is 4.98 Å². The number of nitrogens with one attached hydrogen (secondary N) is 1. The van der Waals surface area contributed by atoms with E-state index in [9.17, 15) is 0 Å². The Morgan fingerprint density at radius 3 is 2.79 bits per heavy atom. The Kier molecular flexibility index (Phi) is 3.05. The highest BCUT2D eigenvalue weighted by Crippen LogP contribution is 2.27. The maximum Gasteiger partial charge on any atom is 0.110 e. The normalized spacial score (nSPS) is 12.7. The summed E-state index contributed by atoms with van der Waals surface area (Å²) in [6.07, 6.45) is 1.89. The summed E-state index contributed by atoms with van der Waals surface area (Å²) in [5, 5.41) is 2.48. The number of aromatic nitrogens is 2. The third-order valence-corrected chi connectivity index (χ3v) is 3.50. The first-order chi connectivity index (χ1) is 9.29. The molecule has 0 aliphatic carbocycles. The summed E-state index contributed by atoms with van der Waals surface area (Å²) in [5.41, 5.74) is 7.91. The second kappa shape index (κ2) is 4.86. The molecule has 3 aromatic rings. The van der Waals surface area contributed by atoms with E-state index < -0.39 is 0 Å². The number of benzene rings is 2. The highest BCUT2D eigenvalue weighted by molar-refractivity contribution is 5.95. The topological polar surface area (TPSA) is 54.7 Å². The molecule has 0 radical (unpaired) electrons. The number of H-pyrrole nitrogens is 1. The van der Waals surface area contributed by atoms with Crippen LogP contribution in [0.15, 0.2) is 48.7 Å². The molecule has 3 rings (SSSR count). The van der Waals surface area contributed by atoms with Crippen molar-refractivity contribution in [3.05, 3.63) is 54.5 Å². The van der Waals surface area contributed by atoms with Crippen molar-refractivity contribution >= 4 is 10.8 Å². The molecule has 3 N–H and O–H groups in total. The zero-order chi connectivity index (χ0) is 13.2. The van der Waals surface area contributed by atoms with E-state index >= 15 is 0 Å². The van der Waals surface area contributed by atoms with Crippen LogP contribution >= 0.6 is 0 Å². The quantitative estimate of drug-likeness (QED) is 0.750. The summed E-state index contributed by atoms with van der Waals surface area (Å²) < 4.78 is 0. The fourth-order valence-corrected chi connectivity index (χ4v) is 2.30. The number of rotatable bonds is 3. The van der Waals surface area contributed by atoms with E-state index in [0.717, 1.165) is 11.5 Å². The molecule has 0 fully saturated rings. The molecule has 1 atom stereocenters. The van der Waals surface area contributed by atoms with Gasteiger partial charge in [0, 0.05) is 18.0 Å². The van der Waals surface area contributed by atoms with Gasteiger partial charge in [-0.3, -0.25) is 0 Å². The molecule has 3 nitrogen and oxygen atoms in total. The van der Waals surface area contributed by atoms with Crippen molar-refractivity contribution in [1.29, 1.82) is 0 Å². The van der Waals surface area contributed by atoms with Crippen LogP contribution in [0.3, 0.4) is 0 Å². The van der Waals surface area contributed by atoms with E-state index in [0.29, 0.717) is 6.54 Å². The van der Waals surface area contributed by atoms with E-state index in [1.54, 1.807) is 0 Å². The number of nitrogens with zero attached hydrogens (tertiary/aromatic N) is 1. The van der Waals surface area contributed by atoms with Crippen molar-refractivity contribution in [2.45, 2.75) is 12.8 Å². The second-order valence-corrected chi connectivity index (χ2v) is 4.85. The number of hydrogen-bond donors (Lipinski definition) is 2. The van der Waals surface area contributed by atoms with Gasteiger partial charge in [-0.05, 0) is 10.8 Å². The molecule has 0 spiro atoms. The van der Waals surface area contributed by atoms with Gasteiger partial charge < -0.3 is 10.7 Å². The largest absolute Gasteiger partial charge is 0.342 e. The summed E-state index contributed by atoms with van der Waals surface area (Å²) in [5.74, 6) is 1.20. The van der Waals surface area contributed by atoms with Gasteiger partial charge in [0.1, 0.15) is 5.82 Å². The van der Waals surface area contributed by atoms with E-state index in [1.165, 1.54) is 16.3 Å². The lowest BCUT2D eigenvalue weighted by molar-refractivity contribution is 0.725. The zero-order valence-electron chi connectivity index (χ0n) is 10.9. The molecule has 0 saturated carbocycles. The first-order valence-corrected chi connectivity index (χ1v) is 6.52. The van der Waals surface area contributed by atoms with Crippen LogP contribution in [0.1, 0.15) is 18.7 Å². The monoisotopic (exact) mass is 251 g/mol. The fraction of sp³-hybridized carbons (Fsp3) is 0.188. The van der Waals surface area contributed by atoms with Crippen LogP contribution in [0.5, 0.6) is 0 Å². The van der Waals surface area contributed by atoms with Crippen LogP contribution < -0.4 is 5.73 Å². The Morgan fingerprint density at radius 1 is 1.16 bits per heavy atom. The lowest BCUT2D eigenvalue weighted by Gasteiger charge is -2.05. The summed E-state index contributed by atoms with van der Waals surface area (Å²) in [6, 6.07) is 14.7. The molecular formula is C16H17N3. The number of nitrogens with two attached hydrogens (primary N) is 1. The minimum Gasteiger partial charge on any atom is -0.342 e. The van der Waals surface area contributed by atoms with Crippen molar-refractivity contribution in [2.75, 3.05) is 6.54 Å². The molecule has 96 valence electrons. The summed E-state index contributed by atoms with van der Waals surface area (Å²) in [7, 11) is 0. The van der Waals surface area contributed by atoms with Gasteiger partial charge >= 0.3 is 0 Å². The van der Waals surface area contributed by atoms with Crippen molar-refractivity contribution in [3.63, 3.8) is 0 Å². The maximum atomic E-state index is 5.68. The fourth-order valence-electron chi connectivity index (χ4n) is 2.30. The first kappa shape index (κ1) is 11.9. The Labute approximate surface area is 112 Å². The molecule has 0 saturated heterocycles. The molecule has 0 amide bonds.